The van der Waals surface area contributed by atoms with Gasteiger partial charge in [-0.2, -0.15) is 0 Å². The van der Waals surface area contributed by atoms with E-state index in [0.29, 0.717) is 6.10 Å². The van der Waals surface area contributed by atoms with Gasteiger partial charge in [-0.05, 0) is 82.0 Å². The van der Waals surface area contributed by atoms with Gasteiger partial charge in [0.1, 0.15) is 0 Å². The molecule has 0 heterocycles. The highest BCUT2D eigenvalue weighted by Crippen LogP contribution is 2.40. The van der Waals surface area contributed by atoms with E-state index >= 15 is 0 Å². The second kappa shape index (κ2) is 11.1. The number of allylic oxidation sites excluding steroid dienone is 2. The monoisotopic (exact) mass is 318 g/mol. The van der Waals surface area contributed by atoms with Crippen molar-refractivity contribution in [2.45, 2.75) is 90.1 Å². The van der Waals surface area contributed by atoms with Crippen LogP contribution in [0.25, 0.3) is 0 Å². The molecule has 0 aromatic heterocycles. The van der Waals surface area contributed by atoms with Gasteiger partial charge in [-0.25, -0.2) is 0 Å². The molecule has 0 amide bonds. The van der Waals surface area contributed by atoms with E-state index in [2.05, 4.69) is 25.7 Å². The van der Waals surface area contributed by atoms with Crippen LogP contribution < -0.4 is 0 Å². The summed E-state index contributed by atoms with van der Waals surface area (Å²) in [7, 11) is 0. The lowest BCUT2D eigenvalue weighted by atomic mass is 9.70. The second-order valence-electron chi connectivity index (χ2n) is 7.73. The molecule has 0 bridgehead atoms. The van der Waals surface area contributed by atoms with Crippen LogP contribution in [-0.2, 0) is 4.74 Å². The number of hydrogen-bond donors (Lipinski definition) is 0. The Bertz CT molecular complexity index is 330. The summed E-state index contributed by atoms with van der Waals surface area (Å²) in [6.07, 6.45) is 23.6. The zero-order valence-electron chi connectivity index (χ0n) is 15.3. The Kier molecular flexibility index (Phi) is 9.04. The van der Waals surface area contributed by atoms with Gasteiger partial charge in [0, 0.05) is 0 Å². The van der Waals surface area contributed by atoms with Gasteiger partial charge in [0.05, 0.1) is 12.7 Å². The highest BCUT2D eigenvalue weighted by molar-refractivity contribution is 4.92. The molecule has 1 nitrogen and oxygen atoms in total. The minimum absolute atomic E-state index is 0.532. The molecule has 0 aliphatic heterocycles. The maximum absolute atomic E-state index is 5.96. The third kappa shape index (κ3) is 6.83. The van der Waals surface area contributed by atoms with Gasteiger partial charge in [-0.1, -0.05) is 38.0 Å². The van der Waals surface area contributed by atoms with Gasteiger partial charge in [0.25, 0.3) is 0 Å². The minimum atomic E-state index is 0.532. The Balaban J connectivity index is 1.61. The molecule has 0 spiro atoms. The summed E-state index contributed by atoms with van der Waals surface area (Å²) in [5, 5.41) is 0. The van der Waals surface area contributed by atoms with Crippen LogP contribution in [0.2, 0.25) is 0 Å². The van der Waals surface area contributed by atoms with Crippen LogP contribution in [0, 0.1) is 17.8 Å². The summed E-state index contributed by atoms with van der Waals surface area (Å²) in [4.78, 5) is 0. The van der Waals surface area contributed by atoms with E-state index in [9.17, 15) is 0 Å². The zero-order valence-corrected chi connectivity index (χ0v) is 15.3. The molecule has 2 aliphatic rings. The molecule has 2 rings (SSSR count). The third-order valence-electron chi connectivity index (χ3n) is 6.01. The highest BCUT2D eigenvalue weighted by atomic mass is 16.5. The number of unbranched alkanes of at least 4 members (excludes halogenated alkanes) is 2. The van der Waals surface area contributed by atoms with Crippen molar-refractivity contribution < 1.29 is 4.74 Å². The summed E-state index contributed by atoms with van der Waals surface area (Å²) in [6.45, 7) is 6.91. The average molecular weight is 319 g/mol. The van der Waals surface area contributed by atoms with Crippen LogP contribution in [0.4, 0.5) is 0 Å². The predicted molar refractivity (Wildman–Crippen MR) is 101 cm³/mol. The maximum atomic E-state index is 5.96. The van der Waals surface area contributed by atoms with Crippen molar-refractivity contribution in [3.63, 3.8) is 0 Å². The van der Waals surface area contributed by atoms with Crippen LogP contribution in [-0.4, -0.2) is 12.7 Å². The van der Waals surface area contributed by atoms with E-state index in [0.717, 1.165) is 30.8 Å². The van der Waals surface area contributed by atoms with Gasteiger partial charge in [-0.15, -0.1) is 6.58 Å². The Morgan fingerprint density at radius 3 is 2.17 bits per heavy atom. The van der Waals surface area contributed by atoms with E-state index in [1.54, 1.807) is 0 Å². The lowest BCUT2D eigenvalue weighted by molar-refractivity contribution is 0.00984. The van der Waals surface area contributed by atoms with Crippen molar-refractivity contribution in [2.75, 3.05) is 6.61 Å². The summed E-state index contributed by atoms with van der Waals surface area (Å²) in [6, 6.07) is 0. The van der Waals surface area contributed by atoms with Gasteiger partial charge in [0.15, 0.2) is 0 Å². The fourth-order valence-corrected chi connectivity index (χ4v) is 4.46. The number of hydrogen-bond acceptors (Lipinski definition) is 1. The highest BCUT2D eigenvalue weighted by Gasteiger charge is 2.30. The minimum Gasteiger partial charge on any atom is -0.378 e. The largest absolute Gasteiger partial charge is 0.378 e. The fraction of sp³-hybridized carbons (Fsp3) is 0.818. The quantitative estimate of drug-likeness (QED) is 0.340. The normalized spacial score (nSPS) is 32.2. The summed E-state index contributed by atoms with van der Waals surface area (Å²) in [5.41, 5.74) is 0. The van der Waals surface area contributed by atoms with E-state index < -0.39 is 0 Å². The van der Waals surface area contributed by atoms with Crippen LogP contribution in [0.5, 0.6) is 0 Å². The Morgan fingerprint density at radius 1 is 0.913 bits per heavy atom. The molecule has 0 radical (unpaired) electrons. The van der Waals surface area contributed by atoms with E-state index in [1.807, 2.05) is 6.08 Å². The van der Waals surface area contributed by atoms with Crippen molar-refractivity contribution in [3.05, 3.63) is 24.8 Å². The van der Waals surface area contributed by atoms with Gasteiger partial charge >= 0.3 is 0 Å². The van der Waals surface area contributed by atoms with Crippen LogP contribution in [0.15, 0.2) is 24.8 Å². The third-order valence-corrected chi connectivity index (χ3v) is 6.01. The molecule has 1 heteroatoms. The molecule has 2 fully saturated rings. The summed E-state index contributed by atoms with van der Waals surface area (Å²) in [5.74, 6) is 2.87. The topological polar surface area (TPSA) is 9.23 Å². The molecule has 132 valence electrons. The molecule has 23 heavy (non-hydrogen) atoms. The summed E-state index contributed by atoms with van der Waals surface area (Å²) >= 11 is 0. The van der Waals surface area contributed by atoms with Gasteiger partial charge in [0.2, 0.25) is 0 Å². The molecule has 0 saturated heterocycles. The standard InChI is InChI=1S/C22H38O/c1-3-5-7-8-9-19-10-12-20(13-11-19)21-14-16-22(17-15-21)23-18-6-4-2/h4,8-9,19-22H,2-3,5-7,10-18H2,1H3/b9-8+/t19-,20-,21?,22?. The molecular weight excluding hydrogens is 280 g/mol. The molecule has 0 atom stereocenters. The molecule has 2 saturated carbocycles. The first-order valence-electron chi connectivity index (χ1n) is 10.2. The maximum Gasteiger partial charge on any atom is 0.0575 e. The van der Waals surface area contributed by atoms with Gasteiger partial charge in [-0.3, -0.25) is 0 Å². The molecule has 0 aromatic carbocycles. The van der Waals surface area contributed by atoms with E-state index in [1.165, 1.54) is 70.6 Å². The smallest absolute Gasteiger partial charge is 0.0575 e. The Hall–Kier alpha value is -0.560. The van der Waals surface area contributed by atoms with Crippen LogP contribution in [0.1, 0.15) is 84.0 Å². The summed E-state index contributed by atoms with van der Waals surface area (Å²) < 4.78 is 5.96. The van der Waals surface area contributed by atoms with E-state index in [4.69, 9.17) is 4.74 Å². The van der Waals surface area contributed by atoms with Crippen molar-refractivity contribution >= 4 is 0 Å². The Labute approximate surface area is 144 Å². The van der Waals surface area contributed by atoms with Crippen LogP contribution in [0.3, 0.4) is 0 Å². The molecular formula is C22H38O. The first kappa shape index (κ1) is 18.8. The van der Waals surface area contributed by atoms with E-state index in [-0.39, 0.29) is 0 Å². The SMILES string of the molecule is C=CCCOC1CCC([C@H]2CC[C@H](/C=C/CCCC)CC2)CC1. The fourth-order valence-electron chi connectivity index (χ4n) is 4.46. The van der Waals surface area contributed by atoms with Crippen molar-refractivity contribution in [1.29, 1.82) is 0 Å². The first-order valence-corrected chi connectivity index (χ1v) is 10.2. The van der Waals surface area contributed by atoms with Crippen molar-refractivity contribution in [3.8, 4) is 0 Å². The van der Waals surface area contributed by atoms with Crippen LogP contribution >= 0.6 is 0 Å². The van der Waals surface area contributed by atoms with Crippen molar-refractivity contribution in [2.24, 2.45) is 17.8 Å². The molecule has 0 aromatic rings. The number of ether oxygens (including phenoxy) is 1. The molecule has 0 N–H and O–H groups in total. The predicted octanol–water partition coefficient (Wildman–Crippen LogP) is 6.69. The first-order chi connectivity index (χ1) is 11.3. The lowest BCUT2D eigenvalue weighted by Gasteiger charge is -2.37. The zero-order chi connectivity index (χ0) is 16.3. The van der Waals surface area contributed by atoms with Crippen molar-refractivity contribution in [1.82, 2.24) is 0 Å². The Morgan fingerprint density at radius 2 is 1.57 bits per heavy atom. The number of rotatable bonds is 9. The lowest BCUT2D eigenvalue weighted by Crippen LogP contribution is -2.28. The average Bonchev–Trinajstić information content (AvgIpc) is 2.60. The molecule has 0 unspecified atom stereocenters. The molecule has 2 aliphatic carbocycles. The van der Waals surface area contributed by atoms with Gasteiger partial charge < -0.3 is 4.74 Å². The second-order valence-corrected chi connectivity index (χ2v) is 7.73.